The summed E-state index contributed by atoms with van der Waals surface area (Å²) in [7, 11) is 1.30. The summed E-state index contributed by atoms with van der Waals surface area (Å²) in [6, 6.07) is 11.3. The van der Waals surface area contributed by atoms with E-state index in [0.29, 0.717) is 29.0 Å². The van der Waals surface area contributed by atoms with Gasteiger partial charge in [0.2, 0.25) is 0 Å². The van der Waals surface area contributed by atoms with Crippen molar-refractivity contribution < 1.29 is 19.0 Å². The Morgan fingerprint density at radius 2 is 2.08 bits per heavy atom. The minimum absolute atomic E-state index is 0.297. The van der Waals surface area contributed by atoms with Crippen LogP contribution in [0, 0.1) is 0 Å². The van der Waals surface area contributed by atoms with Crippen LogP contribution in [0.2, 0.25) is 5.02 Å². The quantitative estimate of drug-likeness (QED) is 0.654. The van der Waals surface area contributed by atoms with Crippen LogP contribution in [0.1, 0.15) is 13.8 Å². The number of carbonyl (C=O) groups is 1. The highest BCUT2D eigenvalue weighted by atomic mass is 35.5. The molecule has 1 atom stereocenters. The summed E-state index contributed by atoms with van der Waals surface area (Å²) in [5.41, 5.74) is 2.54. The lowest BCUT2D eigenvalue weighted by Gasteiger charge is -2.18. The van der Waals surface area contributed by atoms with E-state index in [0.717, 1.165) is 16.6 Å². The van der Waals surface area contributed by atoms with E-state index in [-0.39, 0.29) is 0 Å². The Bertz CT molecular complexity index is 905. The highest BCUT2D eigenvalue weighted by Crippen LogP contribution is 2.40. The molecule has 3 aromatic rings. The van der Waals surface area contributed by atoms with Crippen molar-refractivity contribution in [3.05, 3.63) is 41.4 Å². The summed E-state index contributed by atoms with van der Waals surface area (Å²) in [5.74, 6) is 0.906. The van der Waals surface area contributed by atoms with E-state index in [9.17, 15) is 4.79 Å². The number of rotatable bonds is 6. The molecule has 26 heavy (non-hydrogen) atoms. The van der Waals surface area contributed by atoms with Crippen LogP contribution < -0.4 is 9.47 Å². The molecule has 7 heteroatoms. The first-order valence-electron chi connectivity index (χ1n) is 8.19. The van der Waals surface area contributed by atoms with E-state index < -0.39 is 12.1 Å². The lowest BCUT2D eigenvalue weighted by atomic mass is 10.2. The number of esters is 1. The van der Waals surface area contributed by atoms with Crippen molar-refractivity contribution in [1.29, 1.82) is 0 Å². The largest absolute Gasteiger partial charge is 0.490 e. The molecule has 1 heterocycles. The molecule has 0 aliphatic carbocycles. The number of carbonyl (C=O) groups excluding carboxylic acids is 1. The number of imidazole rings is 1. The monoisotopic (exact) mass is 374 g/mol. The number of nitrogens with one attached hydrogen (secondary N) is 1. The van der Waals surface area contributed by atoms with Gasteiger partial charge in [-0.25, -0.2) is 9.78 Å². The molecule has 0 bridgehead atoms. The average molecular weight is 375 g/mol. The van der Waals surface area contributed by atoms with E-state index in [1.165, 1.54) is 7.11 Å². The van der Waals surface area contributed by atoms with E-state index in [4.69, 9.17) is 21.1 Å². The topological polar surface area (TPSA) is 73.4 Å². The Morgan fingerprint density at radius 1 is 1.31 bits per heavy atom. The molecule has 0 radical (unpaired) electrons. The third-order valence-electron chi connectivity index (χ3n) is 3.80. The van der Waals surface area contributed by atoms with Crippen molar-refractivity contribution in [3.8, 4) is 22.9 Å². The zero-order valence-corrected chi connectivity index (χ0v) is 15.5. The summed E-state index contributed by atoms with van der Waals surface area (Å²) in [6.07, 6.45) is -0.811. The molecule has 1 N–H and O–H groups in total. The zero-order valence-electron chi connectivity index (χ0n) is 14.7. The van der Waals surface area contributed by atoms with Crippen molar-refractivity contribution in [2.24, 2.45) is 0 Å². The normalized spacial score (nSPS) is 12.0. The Hall–Kier alpha value is -2.73. The zero-order chi connectivity index (χ0) is 18.7. The lowest BCUT2D eigenvalue weighted by Crippen LogP contribution is -2.25. The van der Waals surface area contributed by atoms with Crippen LogP contribution in [-0.2, 0) is 9.53 Å². The van der Waals surface area contributed by atoms with Gasteiger partial charge >= 0.3 is 5.97 Å². The van der Waals surface area contributed by atoms with Gasteiger partial charge in [-0.05, 0) is 38.1 Å². The fourth-order valence-electron chi connectivity index (χ4n) is 2.56. The number of ether oxygens (including phenoxy) is 3. The fourth-order valence-corrected chi connectivity index (χ4v) is 2.82. The van der Waals surface area contributed by atoms with Gasteiger partial charge in [0, 0.05) is 5.56 Å². The van der Waals surface area contributed by atoms with Crippen LogP contribution in [-0.4, -0.2) is 35.8 Å². The van der Waals surface area contributed by atoms with E-state index in [1.54, 1.807) is 19.1 Å². The van der Waals surface area contributed by atoms with Crippen LogP contribution in [0.15, 0.2) is 36.4 Å². The highest BCUT2D eigenvalue weighted by molar-refractivity contribution is 6.32. The molecular weight excluding hydrogens is 356 g/mol. The number of halogens is 1. The molecule has 0 fully saturated rings. The molecule has 3 rings (SSSR count). The van der Waals surface area contributed by atoms with Gasteiger partial charge < -0.3 is 19.2 Å². The molecule has 0 spiro atoms. The van der Waals surface area contributed by atoms with E-state index in [1.807, 2.05) is 31.2 Å². The molecule has 136 valence electrons. The van der Waals surface area contributed by atoms with Gasteiger partial charge in [-0.1, -0.05) is 23.7 Å². The SMILES string of the molecule is CCOc1cc(-c2nc3ccccc3[nH]2)cc(Cl)c1OC(C)C(=O)OC. The molecular formula is C19H19ClN2O4. The Morgan fingerprint density at radius 3 is 2.77 bits per heavy atom. The van der Waals surface area contributed by atoms with Gasteiger partial charge in [-0.2, -0.15) is 0 Å². The molecule has 1 unspecified atom stereocenters. The van der Waals surface area contributed by atoms with Crippen molar-refractivity contribution in [2.75, 3.05) is 13.7 Å². The number of aromatic nitrogens is 2. The maximum Gasteiger partial charge on any atom is 0.346 e. The van der Waals surface area contributed by atoms with Gasteiger partial charge in [-0.15, -0.1) is 0 Å². The maximum atomic E-state index is 11.6. The standard InChI is InChI=1S/C19H19ClN2O4/c1-4-25-16-10-12(18-21-14-7-5-6-8-15(14)22-18)9-13(20)17(16)26-11(2)19(23)24-3/h5-11H,4H2,1-3H3,(H,21,22). The Labute approximate surface area is 156 Å². The Kier molecular flexibility index (Phi) is 5.32. The summed E-state index contributed by atoms with van der Waals surface area (Å²) in [6.45, 7) is 3.86. The first-order valence-corrected chi connectivity index (χ1v) is 8.57. The fraction of sp³-hybridized carbons (Fsp3) is 0.263. The number of nitrogens with zero attached hydrogens (tertiary/aromatic N) is 1. The van der Waals surface area contributed by atoms with Crippen LogP contribution in [0.5, 0.6) is 11.5 Å². The second-order valence-corrected chi connectivity index (χ2v) is 6.01. The van der Waals surface area contributed by atoms with E-state index in [2.05, 4.69) is 14.7 Å². The number of H-pyrrole nitrogens is 1. The molecule has 0 amide bonds. The van der Waals surface area contributed by atoms with Crippen LogP contribution in [0.25, 0.3) is 22.4 Å². The van der Waals surface area contributed by atoms with Crippen molar-refractivity contribution in [2.45, 2.75) is 20.0 Å². The number of methoxy groups -OCH3 is 1. The number of benzene rings is 2. The van der Waals surface area contributed by atoms with Gasteiger partial charge in [0.25, 0.3) is 0 Å². The molecule has 0 saturated heterocycles. The number of fused-ring (bicyclic) bond motifs is 1. The molecule has 0 aliphatic heterocycles. The van der Waals surface area contributed by atoms with E-state index >= 15 is 0 Å². The molecule has 0 saturated carbocycles. The maximum absolute atomic E-state index is 11.6. The average Bonchev–Trinajstić information content (AvgIpc) is 3.07. The number of hydrogen-bond donors (Lipinski definition) is 1. The Balaban J connectivity index is 2.01. The van der Waals surface area contributed by atoms with Gasteiger partial charge in [-0.3, -0.25) is 0 Å². The molecule has 6 nitrogen and oxygen atoms in total. The minimum Gasteiger partial charge on any atom is -0.490 e. The van der Waals surface area contributed by atoms with Gasteiger partial charge in [0.05, 0.1) is 29.8 Å². The smallest absolute Gasteiger partial charge is 0.346 e. The summed E-state index contributed by atoms with van der Waals surface area (Å²) in [5, 5.41) is 0.321. The third kappa shape index (κ3) is 3.60. The molecule has 2 aromatic carbocycles. The predicted molar refractivity (Wildman–Crippen MR) is 99.8 cm³/mol. The molecule has 0 aliphatic rings. The highest BCUT2D eigenvalue weighted by Gasteiger charge is 2.21. The minimum atomic E-state index is -0.811. The second kappa shape index (κ2) is 7.66. The summed E-state index contributed by atoms with van der Waals surface area (Å²) < 4.78 is 16.0. The summed E-state index contributed by atoms with van der Waals surface area (Å²) in [4.78, 5) is 19.5. The van der Waals surface area contributed by atoms with Crippen LogP contribution in [0.3, 0.4) is 0 Å². The third-order valence-corrected chi connectivity index (χ3v) is 4.08. The second-order valence-electron chi connectivity index (χ2n) is 5.60. The van der Waals surface area contributed by atoms with Gasteiger partial charge in [0.15, 0.2) is 17.6 Å². The lowest BCUT2D eigenvalue weighted by molar-refractivity contribution is -0.147. The number of para-hydroxylation sites is 2. The first kappa shape index (κ1) is 18.1. The van der Waals surface area contributed by atoms with Crippen LogP contribution in [0.4, 0.5) is 0 Å². The molecule has 1 aromatic heterocycles. The number of hydrogen-bond acceptors (Lipinski definition) is 5. The number of aromatic amines is 1. The first-order chi connectivity index (χ1) is 12.5. The van der Waals surface area contributed by atoms with Crippen molar-refractivity contribution in [3.63, 3.8) is 0 Å². The van der Waals surface area contributed by atoms with Gasteiger partial charge in [0.1, 0.15) is 5.82 Å². The van der Waals surface area contributed by atoms with Crippen molar-refractivity contribution >= 4 is 28.6 Å². The van der Waals surface area contributed by atoms with Crippen LogP contribution >= 0.6 is 11.6 Å². The van der Waals surface area contributed by atoms with Crippen molar-refractivity contribution in [1.82, 2.24) is 9.97 Å². The predicted octanol–water partition coefficient (Wildman–Crippen LogP) is 4.22. The summed E-state index contributed by atoms with van der Waals surface area (Å²) >= 11 is 6.41.